The molecule has 0 saturated heterocycles. The van der Waals surface area contributed by atoms with Gasteiger partial charge < -0.3 is 20.1 Å². The zero-order valence-corrected chi connectivity index (χ0v) is 20.5. The van der Waals surface area contributed by atoms with Crippen molar-refractivity contribution < 1.29 is 18.7 Å². The summed E-state index contributed by atoms with van der Waals surface area (Å²) in [6.45, 7) is 2.95. The summed E-state index contributed by atoms with van der Waals surface area (Å²) in [7, 11) is 0. The molecule has 7 nitrogen and oxygen atoms in total. The van der Waals surface area contributed by atoms with E-state index in [0.29, 0.717) is 28.9 Å². The van der Waals surface area contributed by atoms with E-state index in [9.17, 15) is 9.18 Å². The molecule has 3 heterocycles. The van der Waals surface area contributed by atoms with E-state index in [1.54, 1.807) is 24.5 Å². The number of nitrogens with zero attached hydrogens (tertiary/aromatic N) is 2. The number of hydrogen-bond acceptors (Lipinski definition) is 7. The lowest BCUT2D eigenvalue weighted by Gasteiger charge is -2.37. The summed E-state index contributed by atoms with van der Waals surface area (Å²) in [5.74, 6) is 0.776. The van der Waals surface area contributed by atoms with E-state index in [1.807, 2.05) is 42.6 Å². The highest BCUT2D eigenvalue weighted by Gasteiger charge is 2.35. The summed E-state index contributed by atoms with van der Waals surface area (Å²) >= 11 is 1.37. The Morgan fingerprint density at radius 3 is 2.83 bits per heavy atom. The van der Waals surface area contributed by atoms with E-state index in [2.05, 4.69) is 20.6 Å². The van der Waals surface area contributed by atoms with Crippen LogP contribution < -0.4 is 20.1 Å². The molecule has 184 valence electrons. The van der Waals surface area contributed by atoms with Gasteiger partial charge in [-0.1, -0.05) is 12.1 Å². The van der Waals surface area contributed by atoms with Gasteiger partial charge in [-0.05, 0) is 60.9 Å². The largest absolute Gasteiger partial charge is 0.483 e. The van der Waals surface area contributed by atoms with Gasteiger partial charge in [0.05, 0.1) is 5.69 Å². The van der Waals surface area contributed by atoms with Gasteiger partial charge in [0.25, 0.3) is 0 Å². The molecule has 9 heteroatoms. The van der Waals surface area contributed by atoms with Crippen LogP contribution >= 0.6 is 11.3 Å². The van der Waals surface area contributed by atoms with Gasteiger partial charge in [-0.15, -0.1) is 11.3 Å². The Morgan fingerprint density at radius 1 is 1.14 bits per heavy atom. The number of carbonyl (C=O) groups is 1. The monoisotopic (exact) mass is 504 g/mol. The summed E-state index contributed by atoms with van der Waals surface area (Å²) in [6, 6.07) is 15.4. The lowest BCUT2D eigenvalue weighted by atomic mass is 9.81. The molecule has 0 fully saturated rings. The number of amides is 1. The topological polar surface area (TPSA) is 85.4 Å². The van der Waals surface area contributed by atoms with E-state index in [4.69, 9.17) is 9.47 Å². The van der Waals surface area contributed by atoms with Gasteiger partial charge in [0, 0.05) is 42.3 Å². The lowest BCUT2D eigenvalue weighted by Crippen LogP contribution is -2.47. The van der Waals surface area contributed by atoms with Gasteiger partial charge in [0.2, 0.25) is 5.91 Å². The fraction of sp³-hybridized carbons (Fsp3) is 0.222. The van der Waals surface area contributed by atoms with Crippen LogP contribution in [0.3, 0.4) is 0 Å². The van der Waals surface area contributed by atoms with E-state index >= 15 is 0 Å². The molecule has 2 aromatic carbocycles. The number of fused-ring (bicyclic) bond motifs is 1. The van der Waals surface area contributed by atoms with Crippen molar-refractivity contribution in [3.05, 3.63) is 95.0 Å². The van der Waals surface area contributed by atoms with Gasteiger partial charge in [-0.25, -0.2) is 9.37 Å². The molecule has 1 atom stereocenters. The minimum atomic E-state index is -0.644. The van der Waals surface area contributed by atoms with Crippen LogP contribution in [0.25, 0.3) is 0 Å². The van der Waals surface area contributed by atoms with Crippen LogP contribution in [0.2, 0.25) is 0 Å². The molecule has 1 aliphatic rings. The normalized spacial score (nSPS) is 16.7. The van der Waals surface area contributed by atoms with Crippen LogP contribution in [0.1, 0.15) is 30.2 Å². The first-order valence-corrected chi connectivity index (χ1v) is 12.4. The molecule has 0 saturated carbocycles. The number of thiazole rings is 1. The second kappa shape index (κ2) is 10.4. The molecule has 4 aromatic rings. The Labute approximate surface area is 212 Å². The van der Waals surface area contributed by atoms with Gasteiger partial charge in [-0.3, -0.25) is 9.78 Å². The van der Waals surface area contributed by atoms with Crippen LogP contribution in [0.15, 0.2) is 72.4 Å². The minimum absolute atomic E-state index is 0.143. The number of anilines is 1. The van der Waals surface area contributed by atoms with Gasteiger partial charge in [-0.2, -0.15) is 0 Å². The summed E-state index contributed by atoms with van der Waals surface area (Å²) < 4.78 is 26.1. The average molecular weight is 505 g/mol. The second-order valence-electron chi connectivity index (χ2n) is 8.70. The van der Waals surface area contributed by atoms with Crippen molar-refractivity contribution in [2.45, 2.75) is 31.9 Å². The molecule has 5 rings (SSSR count). The SMILES string of the molecule is CC1(CC(=O)Nc2nccs2)NCCc2cc(OCc3ccccn3)c(Oc3cccc(F)c3)cc21. The van der Waals surface area contributed by atoms with Crippen LogP contribution in [0.4, 0.5) is 9.52 Å². The smallest absolute Gasteiger partial charge is 0.228 e. The molecule has 1 aliphatic heterocycles. The Balaban J connectivity index is 1.47. The van der Waals surface area contributed by atoms with E-state index in [-0.39, 0.29) is 18.9 Å². The molecular weight excluding hydrogens is 479 g/mol. The zero-order chi connectivity index (χ0) is 25.0. The summed E-state index contributed by atoms with van der Waals surface area (Å²) in [5.41, 5.74) is 2.12. The number of nitrogens with one attached hydrogen (secondary N) is 2. The Morgan fingerprint density at radius 2 is 2.06 bits per heavy atom. The highest BCUT2D eigenvalue weighted by Crippen LogP contribution is 2.41. The van der Waals surface area contributed by atoms with Crippen molar-refractivity contribution in [1.29, 1.82) is 0 Å². The van der Waals surface area contributed by atoms with Gasteiger partial charge >= 0.3 is 0 Å². The van der Waals surface area contributed by atoms with Crippen molar-refractivity contribution in [2.75, 3.05) is 11.9 Å². The summed E-state index contributed by atoms with van der Waals surface area (Å²) in [5, 5.41) is 8.73. The standard InChI is InChI=1S/C27H25FN4O3S/c1-27(16-25(33)32-26-30-11-12-36-26)22-15-24(35-21-7-4-5-19(28)14-21)23(13-18(22)8-10-31-27)34-17-20-6-2-3-9-29-20/h2-7,9,11-15,31H,8,10,16-17H2,1H3,(H,30,32,33). The summed E-state index contributed by atoms with van der Waals surface area (Å²) in [4.78, 5) is 21.3. The highest BCUT2D eigenvalue weighted by molar-refractivity contribution is 7.13. The Kier molecular flexibility index (Phi) is 6.92. The number of aromatic nitrogens is 2. The maximum absolute atomic E-state index is 13.9. The number of carbonyl (C=O) groups excluding carboxylic acids is 1. The second-order valence-corrected chi connectivity index (χ2v) is 9.59. The molecule has 2 N–H and O–H groups in total. The van der Waals surface area contributed by atoms with Crippen LogP contribution in [-0.4, -0.2) is 22.4 Å². The molecule has 0 aliphatic carbocycles. The molecule has 0 radical (unpaired) electrons. The van der Waals surface area contributed by atoms with Gasteiger partial charge in [0.1, 0.15) is 18.2 Å². The quantitative estimate of drug-likeness (QED) is 0.333. The lowest BCUT2D eigenvalue weighted by molar-refractivity contribution is -0.117. The first-order valence-electron chi connectivity index (χ1n) is 11.6. The highest BCUT2D eigenvalue weighted by atomic mass is 32.1. The molecule has 1 unspecified atom stereocenters. The van der Waals surface area contributed by atoms with E-state index in [1.165, 1.54) is 23.5 Å². The van der Waals surface area contributed by atoms with Crippen molar-refractivity contribution in [2.24, 2.45) is 0 Å². The van der Waals surface area contributed by atoms with Crippen LogP contribution in [0, 0.1) is 5.82 Å². The third-order valence-corrected chi connectivity index (χ3v) is 6.68. The number of pyridine rings is 1. The van der Waals surface area contributed by atoms with E-state index < -0.39 is 11.4 Å². The average Bonchev–Trinajstić information content (AvgIpc) is 3.37. The molecular formula is C27H25FN4O3S. The first-order chi connectivity index (χ1) is 17.5. The predicted molar refractivity (Wildman–Crippen MR) is 136 cm³/mol. The predicted octanol–water partition coefficient (Wildman–Crippen LogP) is 5.44. The number of ether oxygens (including phenoxy) is 2. The van der Waals surface area contributed by atoms with Crippen LogP contribution in [0.5, 0.6) is 17.2 Å². The third-order valence-electron chi connectivity index (χ3n) is 5.99. The number of rotatable bonds is 8. The molecule has 1 amide bonds. The number of benzene rings is 2. The zero-order valence-electron chi connectivity index (χ0n) is 19.7. The van der Waals surface area contributed by atoms with Crippen molar-refractivity contribution in [1.82, 2.24) is 15.3 Å². The van der Waals surface area contributed by atoms with Crippen LogP contribution in [-0.2, 0) is 23.4 Å². The summed E-state index contributed by atoms with van der Waals surface area (Å²) in [6.07, 6.45) is 4.33. The maximum atomic E-state index is 13.9. The molecule has 0 spiro atoms. The number of hydrogen-bond donors (Lipinski definition) is 2. The van der Waals surface area contributed by atoms with Gasteiger partial charge in [0.15, 0.2) is 16.6 Å². The van der Waals surface area contributed by atoms with Crippen molar-refractivity contribution in [3.63, 3.8) is 0 Å². The molecule has 0 bridgehead atoms. The Bertz CT molecular complexity index is 1350. The van der Waals surface area contributed by atoms with E-state index in [0.717, 1.165) is 23.2 Å². The fourth-order valence-corrected chi connectivity index (χ4v) is 4.85. The molecule has 2 aromatic heterocycles. The fourth-order valence-electron chi connectivity index (χ4n) is 4.30. The Hall–Kier alpha value is -3.82. The maximum Gasteiger partial charge on any atom is 0.228 e. The number of halogens is 1. The first kappa shape index (κ1) is 23.9. The third kappa shape index (κ3) is 5.53. The molecule has 36 heavy (non-hydrogen) atoms. The van der Waals surface area contributed by atoms with Crippen molar-refractivity contribution in [3.8, 4) is 17.2 Å². The van der Waals surface area contributed by atoms with Crippen molar-refractivity contribution >= 4 is 22.4 Å². The minimum Gasteiger partial charge on any atom is -0.483 e.